The van der Waals surface area contributed by atoms with Crippen molar-refractivity contribution in [2.24, 2.45) is 0 Å². The fraction of sp³-hybridized carbons (Fsp3) is 0.391. The van der Waals surface area contributed by atoms with E-state index in [1.165, 1.54) is 0 Å². The summed E-state index contributed by atoms with van der Waals surface area (Å²) in [4.78, 5) is 24.7. The van der Waals surface area contributed by atoms with Gasteiger partial charge in [0.25, 0.3) is 0 Å². The van der Waals surface area contributed by atoms with E-state index in [2.05, 4.69) is 5.32 Å². The second-order valence-electron chi connectivity index (χ2n) is 8.31. The number of amides is 1. The molecule has 0 saturated carbocycles. The van der Waals surface area contributed by atoms with E-state index in [9.17, 15) is 22.8 Å². The summed E-state index contributed by atoms with van der Waals surface area (Å²) in [7, 11) is 0. The van der Waals surface area contributed by atoms with Crippen LogP contribution in [-0.2, 0) is 14.3 Å². The van der Waals surface area contributed by atoms with E-state index >= 15 is 0 Å². The van der Waals surface area contributed by atoms with E-state index in [0.29, 0.717) is 0 Å². The number of esters is 1. The quantitative estimate of drug-likeness (QED) is 0.570. The summed E-state index contributed by atoms with van der Waals surface area (Å²) in [5.74, 6) is -1.89. The van der Waals surface area contributed by atoms with Crippen LogP contribution >= 0.6 is 11.8 Å². The van der Waals surface area contributed by atoms with Gasteiger partial charge < -0.3 is 14.8 Å². The van der Waals surface area contributed by atoms with E-state index in [1.807, 2.05) is 48.5 Å². The number of benzene rings is 2. The second-order valence-corrected chi connectivity index (χ2v) is 9.40. The largest absolute Gasteiger partial charge is 0.458 e. The summed E-state index contributed by atoms with van der Waals surface area (Å²) in [6.45, 7) is 4.75. The van der Waals surface area contributed by atoms with Crippen molar-refractivity contribution >= 4 is 23.8 Å². The number of thioether (sulfide) groups is 1. The standard InChI is InChI=1S/C23H24F3NO4S/c1-22(2,3)31-20(28)19(13-32-23(24,25)26)27-21(29)30-12-18-16-10-6-4-8-14(16)15-9-5-7-11-17(15)18/h4-11,18-19H,12-13H2,1-3H3,(H,27,29). The third-order valence-electron chi connectivity index (χ3n) is 4.74. The molecule has 1 N–H and O–H groups in total. The Balaban J connectivity index is 1.68. The second kappa shape index (κ2) is 9.44. The Kier molecular flexibility index (Phi) is 7.07. The Hall–Kier alpha value is -2.68. The number of carbonyl (C=O) groups excluding carboxylic acids is 2. The Bertz CT molecular complexity index is 942. The van der Waals surface area contributed by atoms with Crippen LogP contribution in [0, 0.1) is 0 Å². The Labute approximate surface area is 188 Å². The van der Waals surface area contributed by atoms with Gasteiger partial charge in [-0.05, 0) is 54.8 Å². The molecule has 172 valence electrons. The van der Waals surface area contributed by atoms with Crippen molar-refractivity contribution in [3.8, 4) is 11.1 Å². The molecule has 0 radical (unpaired) electrons. The van der Waals surface area contributed by atoms with Crippen LogP contribution in [0.1, 0.15) is 37.8 Å². The molecule has 1 amide bonds. The molecule has 1 unspecified atom stereocenters. The van der Waals surface area contributed by atoms with Crippen LogP contribution in [0.15, 0.2) is 48.5 Å². The topological polar surface area (TPSA) is 64.6 Å². The molecule has 32 heavy (non-hydrogen) atoms. The minimum atomic E-state index is -4.55. The van der Waals surface area contributed by atoms with Gasteiger partial charge in [0, 0.05) is 11.7 Å². The van der Waals surface area contributed by atoms with Crippen molar-refractivity contribution in [1.82, 2.24) is 5.32 Å². The fourth-order valence-corrected chi connectivity index (χ4v) is 4.08. The molecule has 1 atom stereocenters. The van der Waals surface area contributed by atoms with E-state index in [-0.39, 0.29) is 12.5 Å². The van der Waals surface area contributed by atoms with Crippen molar-refractivity contribution in [1.29, 1.82) is 0 Å². The molecule has 0 saturated heterocycles. The van der Waals surface area contributed by atoms with Gasteiger partial charge in [-0.1, -0.05) is 48.5 Å². The lowest BCUT2D eigenvalue weighted by molar-refractivity contribution is -0.156. The van der Waals surface area contributed by atoms with Crippen molar-refractivity contribution in [2.75, 3.05) is 12.4 Å². The van der Waals surface area contributed by atoms with Crippen LogP contribution in [0.4, 0.5) is 18.0 Å². The van der Waals surface area contributed by atoms with Gasteiger partial charge >= 0.3 is 17.6 Å². The Morgan fingerprint density at radius 3 is 2.03 bits per heavy atom. The molecule has 5 nitrogen and oxygen atoms in total. The lowest BCUT2D eigenvalue weighted by Crippen LogP contribution is -2.46. The van der Waals surface area contributed by atoms with Crippen LogP contribution in [0.5, 0.6) is 0 Å². The predicted molar refractivity (Wildman–Crippen MR) is 116 cm³/mol. The van der Waals surface area contributed by atoms with E-state index in [1.54, 1.807) is 20.8 Å². The first kappa shape index (κ1) is 24.0. The molecule has 0 fully saturated rings. The monoisotopic (exact) mass is 467 g/mol. The van der Waals surface area contributed by atoms with Crippen LogP contribution in [0.3, 0.4) is 0 Å². The Morgan fingerprint density at radius 2 is 1.53 bits per heavy atom. The maximum atomic E-state index is 12.7. The van der Waals surface area contributed by atoms with E-state index in [4.69, 9.17) is 9.47 Å². The zero-order valence-electron chi connectivity index (χ0n) is 17.9. The van der Waals surface area contributed by atoms with Crippen LogP contribution in [0.2, 0.25) is 0 Å². The van der Waals surface area contributed by atoms with E-state index < -0.39 is 46.7 Å². The number of hydrogen-bond acceptors (Lipinski definition) is 5. The number of nitrogens with one attached hydrogen (secondary N) is 1. The Morgan fingerprint density at radius 1 is 1.00 bits per heavy atom. The number of alkyl carbamates (subject to hydrolysis) is 1. The number of alkyl halides is 3. The molecule has 0 aliphatic heterocycles. The maximum absolute atomic E-state index is 12.7. The fourth-order valence-electron chi connectivity index (χ4n) is 3.50. The zero-order valence-corrected chi connectivity index (χ0v) is 18.7. The molecule has 1 aliphatic rings. The maximum Gasteiger partial charge on any atom is 0.441 e. The molecular formula is C23H24F3NO4S. The minimum absolute atomic E-state index is 0.0205. The van der Waals surface area contributed by atoms with Gasteiger partial charge in [0.2, 0.25) is 0 Å². The summed E-state index contributed by atoms with van der Waals surface area (Å²) in [5, 5.41) is 2.23. The SMILES string of the molecule is CC(C)(C)OC(=O)C(CSC(F)(F)F)NC(=O)OCC1c2ccccc2-c2ccccc21. The molecule has 0 aromatic heterocycles. The summed E-state index contributed by atoms with van der Waals surface area (Å²) in [6.07, 6.45) is -0.981. The van der Waals surface area contributed by atoms with Gasteiger partial charge in [-0.2, -0.15) is 13.2 Å². The normalized spacial score (nSPS) is 14.3. The lowest BCUT2D eigenvalue weighted by atomic mass is 9.98. The summed E-state index contributed by atoms with van der Waals surface area (Å²) >= 11 is -0.408. The first-order chi connectivity index (χ1) is 14.9. The van der Waals surface area contributed by atoms with Crippen LogP contribution < -0.4 is 5.32 Å². The van der Waals surface area contributed by atoms with Crippen molar-refractivity contribution in [3.05, 3.63) is 59.7 Å². The summed E-state index contributed by atoms with van der Waals surface area (Å²) < 4.78 is 48.4. The van der Waals surface area contributed by atoms with Crippen LogP contribution in [-0.4, -0.2) is 41.6 Å². The lowest BCUT2D eigenvalue weighted by Gasteiger charge is -2.24. The highest BCUT2D eigenvalue weighted by molar-refractivity contribution is 8.00. The number of carbonyl (C=O) groups is 2. The predicted octanol–water partition coefficient (Wildman–Crippen LogP) is 5.49. The molecule has 0 bridgehead atoms. The number of hydrogen-bond donors (Lipinski definition) is 1. The summed E-state index contributed by atoms with van der Waals surface area (Å²) in [6, 6.07) is 14.0. The van der Waals surface area contributed by atoms with Crippen molar-refractivity contribution in [3.63, 3.8) is 0 Å². The smallest absolute Gasteiger partial charge is 0.441 e. The average Bonchev–Trinajstić information content (AvgIpc) is 3.01. The molecule has 0 heterocycles. The molecule has 3 rings (SSSR count). The third-order valence-corrected chi connectivity index (χ3v) is 5.57. The first-order valence-electron chi connectivity index (χ1n) is 9.99. The number of rotatable bonds is 6. The van der Waals surface area contributed by atoms with Gasteiger partial charge in [-0.25, -0.2) is 9.59 Å². The van der Waals surface area contributed by atoms with Crippen molar-refractivity contribution in [2.45, 2.75) is 43.8 Å². The first-order valence-corrected chi connectivity index (χ1v) is 11.0. The minimum Gasteiger partial charge on any atom is -0.458 e. The van der Waals surface area contributed by atoms with E-state index in [0.717, 1.165) is 22.3 Å². The summed E-state index contributed by atoms with van der Waals surface area (Å²) in [5.41, 5.74) is -1.38. The molecule has 1 aliphatic carbocycles. The highest BCUT2D eigenvalue weighted by atomic mass is 32.2. The average molecular weight is 468 g/mol. The highest BCUT2D eigenvalue weighted by Crippen LogP contribution is 2.44. The van der Waals surface area contributed by atoms with Gasteiger partial charge in [0.05, 0.1) is 0 Å². The molecule has 9 heteroatoms. The molecular weight excluding hydrogens is 443 g/mol. The van der Waals surface area contributed by atoms with Gasteiger partial charge in [-0.3, -0.25) is 0 Å². The third kappa shape index (κ3) is 6.18. The molecule has 0 spiro atoms. The molecule has 2 aromatic carbocycles. The number of halogens is 3. The number of fused-ring (bicyclic) bond motifs is 3. The van der Waals surface area contributed by atoms with Gasteiger partial charge in [-0.15, -0.1) is 0 Å². The van der Waals surface area contributed by atoms with Gasteiger partial charge in [0.15, 0.2) is 0 Å². The zero-order chi connectivity index (χ0) is 23.5. The highest BCUT2D eigenvalue weighted by Gasteiger charge is 2.35. The van der Waals surface area contributed by atoms with Crippen LogP contribution in [0.25, 0.3) is 11.1 Å². The molecule has 2 aromatic rings. The van der Waals surface area contributed by atoms with Gasteiger partial charge in [0.1, 0.15) is 18.2 Å². The van der Waals surface area contributed by atoms with Crippen molar-refractivity contribution < 1.29 is 32.2 Å². The number of ether oxygens (including phenoxy) is 2.